The van der Waals surface area contributed by atoms with Gasteiger partial charge in [-0.1, -0.05) is 30.3 Å². The summed E-state index contributed by atoms with van der Waals surface area (Å²) in [6.45, 7) is 8.35. The van der Waals surface area contributed by atoms with Crippen molar-refractivity contribution < 1.29 is 9.18 Å². The van der Waals surface area contributed by atoms with Crippen molar-refractivity contribution in [2.45, 2.75) is 51.7 Å². The van der Waals surface area contributed by atoms with E-state index in [9.17, 15) is 4.79 Å². The maximum Gasteiger partial charge on any atom is 0.237 e. The molecule has 176 valence electrons. The number of carbonyl (C=O) groups is 1. The molecule has 3 N–H and O–H groups in total. The van der Waals surface area contributed by atoms with E-state index in [1.165, 1.54) is 16.5 Å². The van der Waals surface area contributed by atoms with Crippen molar-refractivity contribution in [1.29, 1.82) is 0 Å². The number of guanidine groups is 1. The smallest absolute Gasteiger partial charge is 0.237 e. The first-order valence-corrected chi connectivity index (χ1v) is 11.6. The van der Waals surface area contributed by atoms with Crippen LogP contribution in [0, 0.1) is 11.2 Å². The molecule has 0 saturated carbocycles. The number of aliphatic imine (C=N–C) groups is 1. The normalized spacial score (nSPS) is 24.0. The van der Waals surface area contributed by atoms with Crippen LogP contribution in [0.3, 0.4) is 0 Å². The number of halogens is 1. The number of likely N-dealkylation sites (tertiary alicyclic amines) is 1. The molecule has 1 amide bonds. The number of nitrogens with two attached hydrogens (primary N) is 1. The van der Waals surface area contributed by atoms with E-state index in [2.05, 4.69) is 39.5 Å². The summed E-state index contributed by atoms with van der Waals surface area (Å²) in [7, 11) is 1.60. The highest BCUT2D eigenvalue weighted by molar-refractivity contribution is 6.01. The van der Waals surface area contributed by atoms with Gasteiger partial charge in [-0.25, -0.2) is 9.38 Å². The highest BCUT2D eigenvalue weighted by atomic mass is 19.1. The van der Waals surface area contributed by atoms with Crippen molar-refractivity contribution in [3.63, 3.8) is 0 Å². The summed E-state index contributed by atoms with van der Waals surface area (Å²) in [6.07, 6.45) is 2.02. The summed E-state index contributed by atoms with van der Waals surface area (Å²) in [5, 5.41) is 3.58. The first kappa shape index (κ1) is 23.2. The lowest BCUT2D eigenvalue weighted by atomic mass is 9.67. The van der Waals surface area contributed by atoms with E-state index in [0.717, 1.165) is 38.2 Å². The monoisotopic (exact) mass is 451 g/mol. The molecular weight excluding hydrogens is 417 g/mol. The van der Waals surface area contributed by atoms with Crippen LogP contribution >= 0.6 is 0 Å². The number of hydrogen-bond acceptors (Lipinski definition) is 5. The topological polar surface area (TPSA) is 74.0 Å². The molecule has 1 fully saturated rings. The zero-order chi connectivity index (χ0) is 23.8. The van der Waals surface area contributed by atoms with Crippen molar-refractivity contribution in [3.8, 4) is 0 Å². The standard InChI is InChI=1S/C26H34FN5O/c1-25(2)23(33)31(4)24(28)30-26(25,3)21-16-20(10-11-22(21)27)29-19-12-14-32(15-13-19)17-18-8-6-5-7-9-18/h5-11,16,19,29H,12-15,17H2,1-4H3,(H2,28,30)/t26-/m1/s1. The Hall–Kier alpha value is -2.93. The van der Waals surface area contributed by atoms with Gasteiger partial charge in [0.15, 0.2) is 5.96 Å². The van der Waals surface area contributed by atoms with Gasteiger partial charge in [-0.15, -0.1) is 0 Å². The Kier molecular flexibility index (Phi) is 6.18. The van der Waals surface area contributed by atoms with Crippen LogP contribution in [-0.2, 0) is 16.9 Å². The second-order valence-electron chi connectivity index (χ2n) is 9.91. The van der Waals surface area contributed by atoms with Crippen LogP contribution in [0.4, 0.5) is 10.1 Å². The van der Waals surface area contributed by atoms with Crippen molar-refractivity contribution in [1.82, 2.24) is 9.80 Å². The molecule has 2 aromatic rings. The van der Waals surface area contributed by atoms with Crippen LogP contribution in [0.5, 0.6) is 0 Å². The highest BCUT2D eigenvalue weighted by Gasteiger charge is 2.53. The van der Waals surface area contributed by atoms with Gasteiger partial charge in [-0.05, 0) is 57.4 Å². The number of rotatable bonds is 5. The maximum atomic E-state index is 15.1. The fraction of sp³-hybridized carbons (Fsp3) is 0.462. The van der Waals surface area contributed by atoms with Crippen molar-refractivity contribution in [2.24, 2.45) is 16.1 Å². The Morgan fingerprint density at radius 2 is 1.79 bits per heavy atom. The lowest BCUT2D eigenvalue weighted by Gasteiger charge is -2.46. The molecule has 0 bridgehead atoms. The number of hydrogen-bond donors (Lipinski definition) is 2. The lowest BCUT2D eigenvalue weighted by Crippen LogP contribution is -2.58. The number of piperidine rings is 1. The molecule has 2 aromatic carbocycles. The van der Waals surface area contributed by atoms with Crippen LogP contribution in [0.2, 0.25) is 0 Å². The van der Waals surface area contributed by atoms with Gasteiger partial charge in [0.25, 0.3) is 0 Å². The zero-order valence-corrected chi connectivity index (χ0v) is 19.9. The molecule has 1 atom stereocenters. The number of anilines is 1. The van der Waals surface area contributed by atoms with Crippen molar-refractivity contribution in [3.05, 3.63) is 65.5 Å². The van der Waals surface area contributed by atoms with Gasteiger partial charge in [0.1, 0.15) is 11.4 Å². The second kappa shape index (κ2) is 8.78. The minimum absolute atomic E-state index is 0.102. The van der Waals surface area contributed by atoms with E-state index in [1.54, 1.807) is 40.0 Å². The number of amides is 1. The van der Waals surface area contributed by atoms with E-state index in [4.69, 9.17) is 5.73 Å². The Labute approximate surface area is 195 Å². The summed E-state index contributed by atoms with van der Waals surface area (Å²) in [4.78, 5) is 21.3. The molecule has 0 aromatic heterocycles. The average Bonchev–Trinajstić information content (AvgIpc) is 2.80. The summed E-state index contributed by atoms with van der Waals surface area (Å²) >= 11 is 0. The number of nitrogens with zero attached hydrogens (tertiary/aromatic N) is 3. The minimum atomic E-state index is -1.11. The molecule has 1 saturated heterocycles. The van der Waals surface area contributed by atoms with E-state index < -0.39 is 11.0 Å². The van der Waals surface area contributed by atoms with Crippen LogP contribution in [0.25, 0.3) is 0 Å². The summed E-state index contributed by atoms with van der Waals surface area (Å²) in [5.74, 6) is -0.464. The van der Waals surface area contributed by atoms with Gasteiger partial charge in [0.05, 0.1) is 5.41 Å². The quantitative estimate of drug-likeness (QED) is 0.722. The number of benzene rings is 2. The average molecular weight is 452 g/mol. The van der Waals surface area contributed by atoms with E-state index in [0.29, 0.717) is 11.6 Å². The summed E-state index contributed by atoms with van der Waals surface area (Å²) in [5.41, 5.74) is 6.50. The molecule has 33 heavy (non-hydrogen) atoms. The lowest BCUT2D eigenvalue weighted by molar-refractivity contribution is -0.140. The third-order valence-electron chi connectivity index (χ3n) is 7.44. The van der Waals surface area contributed by atoms with Crippen molar-refractivity contribution in [2.75, 3.05) is 25.5 Å². The SMILES string of the molecule is CN1C(=O)C(C)(C)[C@@](C)(c2cc(NC3CCN(Cc4ccccc4)CC3)ccc2F)N=C1N. The van der Waals surface area contributed by atoms with Crippen LogP contribution in [0.1, 0.15) is 44.7 Å². The Morgan fingerprint density at radius 3 is 2.45 bits per heavy atom. The largest absolute Gasteiger partial charge is 0.382 e. The number of carbonyl (C=O) groups excluding carboxylic acids is 1. The number of nitrogens with one attached hydrogen (secondary N) is 1. The molecule has 0 aliphatic carbocycles. The fourth-order valence-electron chi connectivity index (χ4n) is 4.87. The first-order valence-electron chi connectivity index (χ1n) is 11.6. The summed E-state index contributed by atoms with van der Waals surface area (Å²) < 4.78 is 15.1. The van der Waals surface area contributed by atoms with Gasteiger partial charge in [-0.3, -0.25) is 14.6 Å². The first-order chi connectivity index (χ1) is 15.6. The van der Waals surface area contributed by atoms with E-state index in [-0.39, 0.29) is 17.7 Å². The van der Waals surface area contributed by atoms with Crippen LogP contribution < -0.4 is 11.1 Å². The Morgan fingerprint density at radius 1 is 1.12 bits per heavy atom. The zero-order valence-electron chi connectivity index (χ0n) is 19.9. The van der Waals surface area contributed by atoms with Crippen molar-refractivity contribution >= 4 is 17.6 Å². The molecule has 7 heteroatoms. The van der Waals surface area contributed by atoms with E-state index >= 15 is 4.39 Å². The second-order valence-corrected chi connectivity index (χ2v) is 9.91. The van der Waals surface area contributed by atoms with Crippen LogP contribution in [-0.4, -0.2) is 47.8 Å². The van der Waals surface area contributed by atoms with Gasteiger partial charge in [0, 0.05) is 44.0 Å². The van der Waals surface area contributed by atoms with Gasteiger partial charge >= 0.3 is 0 Å². The molecule has 0 radical (unpaired) electrons. The Bertz CT molecular complexity index is 1050. The molecule has 0 unspecified atom stereocenters. The molecular formula is C26H34FN5O. The molecule has 2 aliphatic rings. The molecule has 2 aliphatic heterocycles. The predicted molar refractivity (Wildman–Crippen MR) is 130 cm³/mol. The van der Waals surface area contributed by atoms with Gasteiger partial charge in [0.2, 0.25) is 5.91 Å². The molecule has 0 spiro atoms. The molecule has 4 rings (SSSR count). The maximum absolute atomic E-state index is 15.1. The Balaban J connectivity index is 1.49. The fourth-order valence-corrected chi connectivity index (χ4v) is 4.87. The van der Waals surface area contributed by atoms with Gasteiger partial charge < -0.3 is 11.1 Å². The van der Waals surface area contributed by atoms with Gasteiger partial charge in [-0.2, -0.15) is 0 Å². The summed E-state index contributed by atoms with van der Waals surface area (Å²) in [6, 6.07) is 15.8. The third kappa shape index (κ3) is 4.34. The molecule has 6 nitrogen and oxygen atoms in total. The van der Waals surface area contributed by atoms with E-state index in [1.807, 2.05) is 6.07 Å². The van der Waals surface area contributed by atoms with Crippen LogP contribution in [0.15, 0.2) is 53.5 Å². The minimum Gasteiger partial charge on any atom is -0.382 e. The molecule has 2 heterocycles. The predicted octanol–water partition coefficient (Wildman–Crippen LogP) is 3.93. The third-order valence-corrected chi connectivity index (χ3v) is 7.44. The highest BCUT2D eigenvalue weighted by Crippen LogP contribution is 2.47.